The molecule has 3 aromatic carbocycles. The molecular formula is C40H54N2O4. The maximum atomic E-state index is 12.4. The number of benzene rings is 3. The van der Waals surface area contributed by atoms with Crippen molar-refractivity contribution in [3.05, 3.63) is 108 Å². The molecule has 0 unspecified atom stereocenters. The average Bonchev–Trinajstić information content (AvgIpc) is 3.06. The highest BCUT2D eigenvalue weighted by Gasteiger charge is 2.40. The van der Waals surface area contributed by atoms with Crippen molar-refractivity contribution >= 4 is 11.9 Å². The van der Waals surface area contributed by atoms with E-state index in [1.165, 1.54) is 64.2 Å². The molecule has 0 radical (unpaired) electrons. The maximum Gasteiger partial charge on any atom is 0.320 e. The number of hydrogen-bond acceptors (Lipinski definition) is 5. The van der Waals surface area contributed by atoms with Gasteiger partial charge in [0.05, 0.1) is 5.54 Å². The molecule has 1 atom stereocenters. The Morgan fingerprint density at radius 1 is 0.696 bits per heavy atom. The molecule has 6 heteroatoms. The molecule has 3 N–H and O–H groups in total. The first-order valence-corrected chi connectivity index (χ1v) is 17.3. The third kappa shape index (κ3) is 10.5. The lowest BCUT2D eigenvalue weighted by Gasteiger charge is -2.39. The third-order valence-electron chi connectivity index (χ3n) is 9.05. The van der Waals surface area contributed by atoms with Crippen LogP contribution in [0.4, 0.5) is 0 Å². The van der Waals surface area contributed by atoms with Crippen molar-refractivity contribution in [2.75, 3.05) is 0 Å². The highest BCUT2D eigenvalue weighted by molar-refractivity contribution is 5.76. The quantitative estimate of drug-likeness (QED) is 0.146. The first kappa shape index (κ1) is 35.4. The van der Waals surface area contributed by atoms with Crippen LogP contribution in [0.3, 0.4) is 0 Å². The summed E-state index contributed by atoms with van der Waals surface area (Å²) in [6.07, 6.45) is 14.7. The summed E-state index contributed by atoms with van der Waals surface area (Å²) >= 11 is 0. The Kier molecular flexibility index (Phi) is 13.4. The first-order chi connectivity index (χ1) is 22.2. The van der Waals surface area contributed by atoms with Gasteiger partial charge in [0.25, 0.3) is 0 Å². The Balaban J connectivity index is 0.000000305. The van der Waals surface area contributed by atoms with E-state index in [4.69, 9.17) is 4.74 Å². The topological polar surface area (TPSA) is 87.7 Å². The lowest BCUT2D eigenvalue weighted by Crippen LogP contribution is -2.52. The smallest absolute Gasteiger partial charge is 0.320 e. The summed E-state index contributed by atoms with van der Waals surface area (Å²) in [6, 6.07) is 30.1. The normalized spacial score (nSPS) is 16.9. The van der Waals surface area contributed by atoms with Crippen LogP contribution in [0.1, 0.15) is 115 Å². The number of carbonyl (C=O) groups is 2. The first-order valence-electron chi connectivity index (χ1n) is 17.3. The standard InChI is InChI=1S/C28H31NO4.C12H23N/c1-27(2,3)33-25(30)20-19-24(26(31)32)29-28(21-13-7-4-8-14-21,22-15-9-5-10-16-22)23-17-11-6-12-18-23;1-3-7-11(8-4-1)13-12-9-5-2-6-10-12/h4-18,24,29H,19-20H2,1-3H3,(H,31,32);11-13H,1-10H2/t24-;/m1./s1. The van der Waals surface area contributed by atoms with Gasteiger partial charge in [0.1, 0.15) is 11.6 Å². The summed E-state index contributed by atoms with van der Waals surface area (Å²) in [5, 5.41) is 17.4. The summed E-state index contributed by atoms with van der Waals surface area (Å²) in [6.45, 7) is 5.38. The second kappa shape index (κ2) is 17.4. The van der Waals surface area contributed by atoms with E-state index in [2.05, 4.69) is 10.6 Å². The van der Waals surface area contributed by atoms with Crippen molar-refractivity contribution in [2.24, 2.45) is 0 Å². The van der Waals surface area contributed by atoms with Gasteiger partial charge in [0.2, 0.25) is 0 Å². The molecule has 0 amide bonds. The minimum Gasteiger partial charge on any atom is -0.480 e. The van der Waals surface area contributed by atoms with Crippen LogP contribution in [0.2, 0.25) is 0 Å². The van der Waals surface area contributed by atoms with Gasteiger partial charge in [-0.15, -0.1) is 0 Å². The molecule has 0 aromatic heterocycles. The van der Waals surface area contributed by atoms with Crippen molar-refractivity contribution in [1.29, 1.82) is 0 Å². The van der Waals surface area contributed by atoms with Crippen LogP contribution in [0.5, 0.6) is 0 Å². The number of nitrogens with one attached hydrogen (secondary N) is 2. The molecule has 2 saturated carbocycles. The lowest BCUT2D eigenvalue weighted by atomic mass is 9.76. The van der Waals surface area contributed by atoms with Crippen LogP contribution in [-0.2, 0) is 19.9 Å². The molecule has 0 heterocycles. The van der Waals surface area contributed by atoms with Crippen LogP contribution in [0.15, 0.2) is 91.0 Å². The van der Waals surface area contributed by atoms with Crippen molar-refractivity contribution in [2.45, 2.75) is 127 Å². The Bertz CT molecular complexity index is 1200. The van der Waals surface area contributed by atoms with Crippen molar-refractivity contribution < 1.29 is 19.4 Å². The largest absolute Gasteiger partial charge is 0.480 e. The Morgan fingerprint density at radius 2 is 1.09 bits per heavy atom. The molecule has 2 aliphatic rings. The number of carbonyl (C=O) groups excluding carboxylic acids is 1. The zero-order valence-electron chi connectivity index (χ0n) is 28.0. The van der Waals surface area contributed by atoms with Gasteiger partial charge in [-0.25, -0.2) is 0 Å². The number of esters is 1. The molecule has 0 saturated heterocycles. The molecule has 46 heavy (non-hydrogen) atoms. The molecule has 6 nitrogen and oxygen atoms in total. The van der Waals surface area contributed by atoms with E-state index in [0.29, 0.717) is 0 Å². The molecule has 0 bridgehead atoms. The van der Waals surface area contributed by atoms with E-state index in [1.807, 2.05) is 91.0 Å². The maximum absolute atomic E-state index is 12.4. The van der Waals surface area contributed by atoms with Crippen LogP contribution < -0.4 is 10.6 Å². The summed E-state index contributed by atoms with van der Waals surface area (Å²) in [5.74, 6) is -1.44. The van der Waals surface area contributed by atoms with Crippen molar-refractivity contribution in [3.8, 4) is 0 Å². The molecular weight excluding hydrogens is 572 g/mol. The fraction of sp³-hybridized carbons (Fsp3) is 0.500. The molecule has 3 aromatic rings. The van der Waals surface area contributed by atoms with Gasteiger partial charge in [0.15, 0.2) is 0 Å². The molecule has 0 spiro atoms. The van der Waals surface area contributed by atoms with Crippen LogP contribution >= 0.6 is 0 Å². The zero-order valence-corrected chi connectivity index (χ0v) is 28.0. The van der Waals surface area contributed by atoms with Gasteiger partial charge < -0.3 is 15.2 Å². The predicted molar refractivity (Wildman–Crippen MR) is 186 cm³/mol. The number of carboxylic acid groups (broad SMARTS) is 1. The summed E-state index contributed by atoms with van der Waals surface area (Å²) in [7, 11) is 0. The van der Waals surface area contributed by atoms with E-state index in [0.717, 1.165) is 28.8 Å². The van der Waals surface area contributed by atoms with Crippen LogP contribution in [0, 0.1) is 0 Å². The van der Waals surface area contributed by atoms with E-state index < -0.39 is 29.1 Å². The molecule has 2 fully saturated rings. The number of aliphatic carboxylic acids is 1. The summed E-state index contributed by atoms with van der Waals surface area (Å²) in [4.78, 5) is 24.7. The minimum atomic E-state index is -1.02. The average molecular weight is 627 g/mol. The van der Waals surface area contributed by atoms with E-state index >= 15 is 0 Å². The molecule has 5 rings (SSSR count). The number of ether oxygens (including phenoxy) is 1. The lowest BCUT2D eigenvalue weighted by molar-refractivity contribution is -0.155. The van der Waals surface area contributed by atoms with E-state index in [-0.39, 0.29) is 12.8 Å². The van der Waals surface area contributed by atoms with Gasteiger partial charge >= 0.3 is 11.9 Å². The van der Waals surface area contributed by atoms with Gasteiger partial charge in [-0.1, -0.05) is 130 Å². The monoisotopic (exact) mass is 626 g/mol. The van der Waals surface area contributed by atoms with Crippen molar-refractivity contribution in [1.82, 2.24) is 10.6 Å². The molecule has 0 aliphatic heterocycles. The number of hydrogen-bond donors (Lipinski definition) is 3. The number of carboxylic acids is 1. The minimum absolute atomic E-state index is 0.00428. The fourth-order valence-corrected chi connectivity index (χ4v) is 6.86. The van der Waals surface area contributed by atoms with Crippen LogP contribution in [0.25, 0.3) is 0 Å². The zero-order chi connectivity index (χ0) is 32.8. The Labute approximate surface area is 276 Å². The molecule has 248 valence electrons. The van der Waals surface area contributed by atoms with Gasteiger partial charge in [-0.05, 0) is 69.6 Å². The van der Waals surface area contributed by atoms with Gasteiger partial charge in [0, 0.05) is 18.5 Å². The highest BCUT2D eigenvalue weighted by Crippen LogP contribution is 2.37. The van der Waals surface area contributed by atoms with Crippen molar-refractivity contribution in [3.63, 3.8) is 0 Å². The SMILES string of the molecule is C1CCC(NC2CCCCC2)CC1.CC(C)(C)OC(=O)CC[C@@H](NC(c1ccccc1)(c1ccccc1)c1ccccc1)C(=O)O. The Morgan fingerprint density at radius 3 is 1.43 bits per heavy atom. The predicted octanol–water partition coefficient (Wildman–Crippen LogP) is 8.38. The van der Waals surface area contributed by atoms with E-state index in [9.17, 15) is 14.7 Å². The number of rotatable bonds is 11. The van der Waals surface area contributed by atoms with Crippen LogP contribution in [-0.4, -0.2) is 40.8 Å². The second-order valence-electron chi connectivity index (χ2n) is 13.8. The Hall–Kier alpha value is -3.48. The summed E-state index contributed by atoms with van der Waals surface area (Å²) < 4.78 is 5.39. The summed E-state index contributed by atoms with van der Waals surface area (Å²) in [5.41, 5.74) is 1.18. The fourth-order valence-electron chi connectivity index (χ4n) is 6.86. The van der Waals surface area contributed by atoms with E-state index in [1.54, 1.807) is 20.8 Å². The van der Waals surface area contributed by atoms with Gasteiger partial charge in [-0.2, -0.15) is 0 Å². The van der Waals surface area contributed by atoms with Gasteiger partial charge in [-0.3, -0.25) is 14.9 Å². The molecule has 2 aliphatic carbocycles. The second-order valence-corrected chi connectivity index (χ2v) is 13.8. The highest BCUT2D eigenvalue weighted by atomic mass is 16.6. The third-order valence-corrected chi connectivity index (χ3v) is 9.05.